The highest BCUT2D eigenvalue weighted by molar-refractivity contribution is 6.08. The number of hydrogen-bond acceptors (Lipinski definition) is 4. The number of aromatic hydroxyl groups is 2. The highest BCUT2D eigenvalue weighted by Gasteiger charge is 2.14. The van der Waals surface area contributed by atoms with Gasteiger partial charge in [-0.1, -0.05) is 12.1 Å². The van der Waals surface area contributed by atoms with E-state index in [9.17, 15) is 19.8 Å². The molecule has 0 aliphatic heterocycles. The van der Waals surface area contributed by atoms with Gasteiger partial charge in [-0.05, 0) is 24.3 Å². The Hall–Kier alpha value is -3.02. The zero-order valence-electron chi connectivity index (χ0n) is 10.2. The van der Waals surface area contributed by atoms with Crippen LogP contribution in [0, 0.1) is 0 Å². The molecule has 2 aromatic carbocycles. The van der Waals surface area contributed by atoms with E-state index >= 15 is 0 Å². The van der Waals surface area contributed by atoms with E-state index in [0.29, 0.717) is 0 Å². The third kappa shape index (κ3) is 2.86. The van der Waals surface area contributed by atoms with Crippen molar-refractivity contribution in [2.45, 2.75) is 0 Å². The van der Waals surface area contributed by atoms with Crippen LogP contribution in [0.1, 0.15) is 20.7 Å². The SMILES string of the molecule is O=C(Nc1ccccc1C(=O)O)c1cc(O)cc(O)c1. The Morgan fingerprint density at radius 1 is 0.950 bits per heavy atom. The smallest absolute Gasteiger partial charge is 0.337 e. The molecule has 6 heteroatoms. The number of phenolic OH excluding ortho intramolecular Hbond substituents is 2. The number of carboxylic acids is 1. The second-order valence-corrected chi connectivity index (χ2v) is 4.04. The molecular weight excluding hydrogens is 262 g/mol. The molecule has 0 aliphatic rings. The van der Waals surface area contributed by atoms with E-state index in [1.165, 1.54) is 24.3 Å². The summed E-state index contributed by atoms with van der Waals surface area (Å²) in [5, 5.41) is 30.1. The van der Waals surface area contributed by atoms with Crippen LogP contribution in [0.4, 0.5) is 5.69 Å². The van der Waals surface area contributed by atoms with Gasteiger partial charge in [0, 0.05) is 11.6 Å². The number of carbonyl (C=O) groups is 2. The average molecular weight is 273 g/mol. The predicted octanol–water partition coefficient (Wildman–Crippen LogP) is 2.05. The van der Waals surface area contributed by atoms with E-state index in [1.54, 1.807) is 12.1 Å². The number of benzene rings is 2. The predicted molar refractivity (Wildman–Crippen MR) is 71.1 cm³/mol. The number of hydrogen-bond donors (Lipinski definition) is 4. The highest BCUT2D eigenvalue weighted by atomic mass is 16.4. The molecule has 0 spiro atoms. The van der Waals surface area contributed by atoms with Gasteiger partial charge in [0.05, 0.1) is 11.3 Å². The number of carboxylic acid groups (broad SMARTS) is 1. The largest absolute Gasteiger partial charge is 0.508 e. The molecule has 20 heavy (non-hydrogen) atoms. The summed E-state index contributed by atoms with van der Waals surface area (Å²) in [7, 11) is 0. The molecular formula is C14H11NO5. The van der Waals surface area contributed by atoms with Gasteiger partial charge >= 0.3 is 5.97 Å². The minimum atomic E-state index is -1.17. The Balaban J connectivity index is 2.30. The number of nitrogens with one attached hydrogen (secondary N) is 1. The van der Waals surface area contributed by atoms with E-state index in [-0.39, 0.29) is 28.3 Å². The summed E-state index contributed by atoms with van der Waals surface area (Å²) in [6, 6.07) is 9.35. The summed E-state index contributed by atoms with van der Waals surface area (Å²) in [6.45, 7) is 0. The fourth-order valence-corrected chi connectivity index (χ4v) is 1.70. The van der Waals surface area contributed by atoms with Crippen molar-refractivity contribution in [3.05, 3.63) is 53.6 Å². The first-order valence-corrected chi connectivity index (χ1v) is 5.64. The first-order valence-electron chi connectivity index (χ1n) is 5.64. The van der Waals surface area contributed by atoms with Crippen LogP contribution in [0.2, 0.25) is 0 Å². The summed E-state index contributed by atoms with van der Waals surface area (Å²) >= 11 is 0. The van der Waals surface area contributed by atoms with Crippen molar-refractivity contribution in [3.63, 3.8) is 0 Å². The number of carbonyl (C=O) groups excluding carboxylic acids is 1. The van der Waals surface area contributed by atoms with Gasteiger partial charge in [-0.3, -0.25) is 4.79 Å². The van der Waals surface area contributed by atoms with Gasteiger partial charge in [0.15, 0.2) is 0 Å². The number of anilines is 1. The molecule has 1 amide bonds. The van der Waals surface area contributed by atoms with Gasteiger partial charge in [0.1, 0.15) is 11.5 Å². The van der Waals surface area contributed by atoms with Crippen molar-refractivity contribution in [2.75, 3.05) is 5.32 Å². The second-order valence-electron chi connectivity index (χ2n) is 4.04. The van der Waals surface area contributed by atoms with Gasteiger partial charge in [0.2, 0.25) is 0 Å². The molecule has 0 bridgehead atoms. The third-order valence-electron chi connectivity index (χ3n) is 2.57. The van der Waals surface area contributed by atoms with Crippen LogP contribution in [0.3, 0.4) is 0 Å². The van der Waals surface area contributed by atoms with Gasteiger partial charge in [-0.2, -0.15) is 0 Å². The molecule has 0 saturated heterocycles. The quantitative estimate of drug-likeness (QED) is 0.684. The molecule has 2 rings (SSSR count). The molecule has 2 aromatic rings. The lowest BCUT2D eigenvalue weighted by Crippen LogP contribution is -2.14. The molecule has 102 valence electrons. The summed E-state index contributed by atoms with van der Waals surface area (Å²) in [6.07, 6.45) is 0. The monoisotopic (exact) mass is 273 g/mol. The molecule has 6 nitrogen and oxygen atoms in total. The maximum Gasteiger partial charge on any atom is 0.337 e. The van der Waals surface area contributed by atoms with Crippen LogP contribution >= 0.6 is 0 Å². The lowest BCUT2D eigenvalue weighted by molar-refractivity contribution is 0.0698. The molecule has 0 unspecified atom stereocenters. The normalized spacial score (nSPS) is 10.0. The van der Waals surface area contributed by atoms with Crippen molar-refractivity contribution in [1.29, 1.82) is 0 Å². The first-order chi connectivity index (χ1) is 9.47. The molecule has 0 radical (unpaired) electrons. The molecule has 0 atom stereocenters. The number of rotatable bonds is 3. The summed E-state index contributed by atoms with van der Waals surface area (Å²) in [5.41, 5.74) is 0.0979. The van der Waals surface area contributed by atoms with Crippen molar-refractivity contribution >= 4 is 17.6 Å². The number of aromatic carboxylic acids is 1. The zero-order valence-corrected chi connectivity index (χ0v) is 10.2. The summed E-state index contributed by atoms with van der Waals surface area (Å²) < 4.78 is 0. The van der Waals surface area contributed by atoms with Crippen LogP contribution in [-0.2, 0) is 0 Å². The number of phenols is 2. The van der Waals surface area contributed by atoms with Crippen molar-refractivity contribution < 1.29 is 24.9 Å². The minimum Gasteiger partial charge on any atom is -0.508 e. The summed E-state index contributed by atoms with van der Waals surface area (Å²) in [4.78, 5) is 23.0. The standard InChI is InChI=1S/C14H11NO5/c16-9-5-8(6-10(17)7-9)13(18)15-12-4-2-1-3-11(12)14(19)20/h1-7,16-17H,(H,15,18)(H,19,20). The molecule has 0 aromatic heterocycles. The minimum absolute atomic E-state index is 0.0164. The first kappa shape index (κ1) is 13.4. The van der Waals surface area contributed by atoms with Crippen molar-refractivity contribution in [2.24, 2.45) is 0 Å². The fourth-order valence-electron chi connectivity index (χ4n) is 1.70. The van der Waals surface area contributed by atoms with E-state index in [1.807, 2.05) is 0 Å². The Morgan fingerprint density at radius 2 is 1.55 bits per heavy atom. The van der Waals surface area contributed by atoms with Crippen LogP contribution in [-0.4, -0.2) is 27.2 Å². The zero-order chi connectivity index (χ0) is 14.7. The third-order valence-corrected chi connectivity index (χ3v) is 2.57. The maximum absolute atomic E-state index is 12.0. The van der Waals surface area contributed by atoms with Gasteiger partial charge < -0.3 is 20.6 Å². The van der Waals surface area contributed by atoms with Crippen LogP contribution in [0.15, 0.2) is 42.5 Å². The van der Waals surface area contributed by atoms with Crippen LogP contribution < -0.4 is 5.32 Å². The Labute approximate surface area is 113 Å². The highest BCUT2D eigenvalue weighted by Crippen LogP contribution is 2.22. The lowest BCUT2D eigenvalue weighted by Gasteiger charge is -2.08. The molecule has 0 aliphatic carbocycles. The van der Waals surface area contributed by atoms with E-state index in [2.05, 4.69) is 5.32 Å². The van der Waals surface area contributed by atoms with E-state index < -0.39 is 11.9 Å². The van der Waals surface area contributed by atoms with Gasteiger partial charge in [-0.25, -0.2) is 4.79 Å². The Kier molecular flexibility index (Phi) is 3.56. The molecule has 0 heterocycles. The van der Waals surface area contributed by atoms with Crippen LogP contribution in [0.5, 0.6) is 11.5 Å². The maximum atomic E-state index is 12.0. The van der Waals surface area contributed by atoms with Crippen LogP contribution in [0.25, 0.3) is 0 Å². The average Bonchev–Trinajstić information content (AvgIpc) is 2.37. The fraction of sp³-hybridized carbons (Fsp3) is 0. The topological polar surface area (TPSA) is 107 Å². The van der Waals surface area contributed by atoms with Crippen molar-refractivity contribution in [1.82, 2.24) is 0 Å². The Bertz CT molecular complexity index is 661. The van der Waals surface area contributed by atoms with Crippen molar-refractivity contribution in [3.8, 4) is 11.5 Å². The van der Waals surface area contributed by atoms with Gasteiger partial charge in [-0.15, -0.1) is 0 Å². The molecule has 4 N–H and O–H groups in total. The van der Waals surface area contributed by atoms with Gasteiger partial charge in [0.25, 0.3) is 5.91 Å². The number of amides is 1. The summed E-state index contributed by atoms with van der Waals surface area (Å²) in [5.74, 6) is -2.33. The number of para-hydroxylation sites is 1. The molecule has 0 fully saturated rings. The van der Waals surface area contributed by atoms with E-state index in [0.717, 1.165) is 6.07 Å². The van der Waals surface area contributed by atoms with E-state index in [4.69, 9.17) is 5.11 Å². The second kappa shape index (κ2) is 5.31. The Morgan fingerprint density at radius 3 is 2.15 bits per heavy atom. The molecule has 0 saturated carbocycles. The lowest BCUT2D eigenvalue weighted by atomic mass is 10.1.